The highest BCUT2D eigenvalue weighted by atomic mass is 15.1. The van der Waals surface area contributed by atoms with Crippen LogP contribution in [0.15, 0.2) is 0 Å². The molecule has 0 saturated carbocycles. The van der Waals surface area contributed by atoms with Crippen molar-refractivity contribution in [2.75, 3.05) is 27.2 Å². The molecule has 3 heteroatoms. The third-order valence-electron chi connectivity index (χ3n) is 2.22. The Balaban J connectivity index is 3.94. The van der Waals surface area contributed by atoms with E-state index in [1.807, 2.05) is 0 Å². The average Bonchev–Trinajstić information content (AvgIpc) is 2.02. The summed E-state index contributed by atoms with van der Waals surface area (Å²) in [4.78, 5) is 2.21. The lowest BCUT2D eigenvalue weighted by Gasteiger charge is -2.28. The third kappa shape index (κ3) is 6.02. The SMILES string of the molecule is CC(CN)NC(CN(C)C)C(C)C. The largest absolute Gasteiger partial charge is 0.329 e. The van der Waals surface area contributed by atoms with E-state index in [0.717, 1.165) is 6.54 Å². The molecule has 0 aromatic carbocycles. The summed E-state index contributed by atoms with van der Waals surface area (Å²) < 4.78 is 0. The van der Waals surface area contributed by atoms with Crippen molar-refractivity contribution in [1.82, 2.24) is 10.2 Å². The lowest BCUT2D eigenvalue weighted by molar-refractivity contribution is 0.274. The zero-order valence-corrected chi connectivity index (χ0v) is 9.67. The Morgan fingerprint density at radius 3 is 2.08 bits per heavy atom. The van der Waals surface area contributed by atoms with Gasteiger partial charge in [-0.05, 0) is 26.9 Å². The van der Waals surface area contributed by atoms with Gasteiger partial charge in [0.05, 0.1) is 0 Å². The number of hydrogen-bond acceptors (Lipinski definition) is 3. The summed E-state index contributed by atoms with van der Waals surface area (Å²) >= 11 is 0. The molecule has 0 saturated heterocycles. The maximum atomic E-state index is 5.58. The second-order valence-corrected chi connectivity index (χ2v) is 4.42. The van der Waals surface area contributed by atoms with Gasteiger partial charge in [0.2, 0.25) is 0 Å². The van der Waals surface area contributed by atoms with E-state index in [2.05, 4.69) is 45.1 Å². The Hall–Kier alpha value is -0.120. The third-order valence-corrected chi connectivity index (χ3v) is 2.22. The van der Waals surface area contributed by atoms with E-state index in [1.54, 1.807) is 0 Å². The van der Waals surface area contributed by atoms with Gasteiger partial charge in [0.1, 0.15) is 0 Å². The Bertz CT molecular complexity index is 123. The molecule has 0 amide bonds. The summed E-state index contributed by atoms with van der Waals surface area (Å²) in [5.41, 5.74) is 5.58. The summed E-state index contributed by atoms with van der Waals surface area (Å²) in [7, 11) is 4.20. The van der Waals surface area contributed by atoms with Crippen LogP contribution in [0.3, 0.4) is 0 Å². The molecule has 0 aromatic rings. The molecule has 0 heterocycles. The van der Waals surface area contributed by atoms with Crippen LogP contribution in [0.1, 0.15) is 20.8 Å². The molecule has 0 aromatic heterocycles. The lowest BCUT2D eigenvalue weighted by Crippen LogP contribution is -2.48. The summed E-state index contributed by atoms with van der Waals surface area (Å²) in [5, 5.41) is 3.53. The summed E-state index contributed by atoms with van der Waals surface area (Å²) in [5.74, 6) is 0.649. The first-order valence-electron chi connectivity index (χ1n) is 5.08. The zero-order chi connectivity index (χ0) is 10.4. The number of likely N-dealkylation sites (N-methyl/N-ethyl adjacent to an activating group) is 1. The molecule has 0 aliphatic heterocycles. The van der Waals surface area contributed by atoms with Crippen LogP contribution in [0.4, 0.5) is 0 Å². The maximum absolute atomic E-state index is 5.58. The molecule has 0 radical (unpaired) electrons. The van der Waals surface area contributed by atoms with Crippen LogP contribution in [0.25, 0.3) is 0 Å². The number of nitrogens with zero attached hydrogens (tertiary/aromatic N) is 1. The normalized spacial score (nSPS) is 16.6. The fourth-order valence-electron chi connectivity index (χ4n) is 1.28. The molecule has 0 aliphatic rings. The second-order valence-electron chi connectivity index (χ2n) is 4.42. The van der Waals surface area contributed by atoms with Crippen LogP contribution in [-0.2, 0) is 0 Å². The highest BCUT2D eigenvalue weighted by molar-refractivity contribution is 4.76. The summed E-state index contributed by atoms with van der Waals surface area (Å²) in [6.07, 6.45) is 0. The molecule has 2 unspecified atom stereocenters. The molecule has 2 atom stereocenters. The summed E-state index contributed by atoms with van der Waals surface area (Å²) in [6, 6.07) is 0.945. The first kappa shape index (κ1) is 12.9. The molecule has 0 spiro atoms. The highest BCUT2D eigenvalue weighted by Crippen LogP contribution is 2.03. The standard InChI is InChI=1S/C10H25N3/c1-8(2)10(7-13(4)5)12-9(3)6-11/h8-10,12H,6-7,11H2,1-5H3. The van der Waals surface area contributed by atoms with Crippen LogP contribution in [0.2, 0.25) is 0 Å². The van der Waals surface area contributed by atoms with Crippen molar-refractivity contribution in [3.63, 3.8) is 0 Å². The van der Waals surface area contributed by atoms with Gasteiger partial charge >= 0.3 is 0 Å². The number of hydrogen-bond donors (Lipinski definition) is 2. The number of rotatable bonds is 6. The molecule has 0 aliphatic carbocycles. The van der Waals surface area contributed by atoms with E-state index in [-0.39, 0.29) is 0 Å². The van der Waals surface area contributed by atoms with Crippen LogP contribution >= 0.6 is 0 Å². The Labute approximate surface area is 82.7 Å². The molecule has 0 rings (SSSR count). The van der Waals surface area contributed by atoms with Gasteiger partial charge in [-0.1, -0.05) is 13.8 Å². The van der Waals surface area contributed by atoms with Crippen molar-refractivity contribution in [1.29, 1.82) is 0 Å². The van der Waals surface area contributed by atoms with Crippen molar-refractivity contribution in [3.05, 3.63) is 0 Å². The lowest BCUT2D eigenvalue weighted by atomic mass is 10.0. The van der Waals surface area contributed by atoms with E-state index in [4.69, 9.17) is 5.73 Å². The minimum Gasteiger partial charge on any atom is -0.329 e. The molecule has 3 N–H and O–H groups in total. The second kappa shape index (κ2) is 6.35. The number of nitrogens with two attached hydrogens (primary N) is 1. The van der Waals surface area contributed by atoms with Crippen molar-refractivity contribution < 1.29 is 0 Å². The predicted molar refractivity (Wildman–Crippen MR) is 58.8 cm³/mol. The van der Waals surface area contributed by atoms with Gasteiger partial charge in [0.25, 0.3) is 0 Å². The number of nitrogens with one attached hydrogen (secondary N) is 1. The summed E-state index contributed by atoms with van der Waals surface area (Å²) in [6.45, 7) is 8.39. The highest BCUT2D eigenvalue weighted by Gasteiger charge is 2.15. The van der Waals surface area contributed by atoms with Crippen molar-refractivity contribution >= 4 is 0 Å². The first-order chi connectivity index (χ1) is 5.97. The fourth-order valence-corrected chi connectivity index (χ4v) is 1.28. The molecular formula is C10H25N3. The van der Waals surface area contributed by atoms with Crippen molar-refractivity contribution in [2.45, 2.75) is 32.9 Å². The Morgan fingerprint density at radius 2 is 1.77 bits per heavy atom. The smallest absolute Gasteiger partial charge is 0.0220 e. The molecule has 0 fully saturated rings. The monoisotopic (exact) mass is 187 g/mol. The van der Waals surface area contributed by atoms with Gasteiger partial charge in [-0.15, -0.1) is 0 Å². The minimum absolute atomic E-state index is 0.410. The van der Waals surface area contributed by atoms with Crippen molar-refractivity contribution in [2.24, 2.45) is 11.7 Å². The first-order valence-corrected chi connectivity index (χ1v) is 5.08. The van der Waals surface area contributed by atoms with Gasteiger partial charge in [-0.25, -0.2) is 0 Å². The van der Waals surface area contributed by atoms with Crippen molar-refractivity contribution in [3.8, 4) is 0 Å². The van der Waals surface area contributed by atoms with Gasteiger partial charge in [0, 0.05) is 25.2 Å². The van der Waals surface area contributed by atoms with E-state index in [1.165, 1.54) is 0 Å². The van der Waals surface area contributed by atoms with Gasteiger partial charge in [0.15, 0.2) is 0 Å². The van der Waals surface area contributed by atoms with Crippen LogP contribution < -0.4 is 11.1 Å². The van der Waals surface area contributed by atoms with Crippen LogP contribution in [0.5, 0.6) is 0 Å². The zero-order valence-electron chi connectivity index (χ0n) is 9.67. The Morgan fingerprint density at radius 1 is 1.23 bits per heavy atom. The minimum atomic E-state index is 0.410. The van der Waals surface area contributed by atoms with E-state index < -0.39 is 0 Å². The molecule has 13 heavy (non-hydrogen) atoms. The average molecular weight is 187 g/mol. The molecule has 3 nitrogen and oxygen atoms in total. The maximum Gasteiger partial charge on any atom is 0.0220 e. The quantitative estimate of drug-likeness (QED) is 0.636. The van der Waals surface area contributed by atoms with Crippen LogP contribution in [0, 0.1) is 5.92 Å². The molecule has 80 valence electrons. The van der Waals surface area contributed by atoms with E-state index >= 15 is 0 Å². The van der Waals surface area contributed by atoms with Gasteiger partial charge < -0.3 is 16.0 Å². The fraction of sp³-hybridized carbons (Fsp3) is 1.00. The molecular weight excluding hydrogens is 162 g/mol. The molecule has 0 bridgehead atoms. The topological polar surface area (TPSA) is 41.3 Å². The van der Waals surface area contributed by atoms with E-state index in [0.29, 0.717) is 24.5 Å². The Kier molecular flexibility index (Phi) is 6.29. The van der Waals surface area contributed by atoms with Gasteiger partial charge in [-0.3, -0.25) is 0 Å². The van der Waals surface area contributed by atoms with Gasteiger partial charge in [-0.2, -0.15) is 0 Å². The predicted octanol–water partition coefficient (Wildman–Crippen LogP) is 0.509. The van der Waals surface area contributed by atoms with E-state index in [9.17, 15) is 0 Å². The van der Waals surface area contributed by atoms with Crippen LogP contribution in [-0.4, -0.2) is 44.2 Å².